The minimum absolute atomic E-state index is 0.160. The first-order valence-electron chi connectivity index (χ1n) is 4.34. The normalized spacial score (nSPS) is 20.5. The van der Waals surface area contributed by atoms with Crippen LogP contribution in [-0.4, -0.2) is 12.9 Å². The largest absolute Gasteiger partial charge is 0.337 e. The summed E-state index contributed by atoms with van der Waals surface area (Å²) in [6.45, 7) is 0.458. The van der Waals surface area contributed by atoms with Crippen molar-refractivity contribution in [2.45, 2.75) is 11.8 Å². The molecule has 74 valence electrons. The summed E-state index contributed by atoms with van der Waals surface area (Å²) in [6, 6.07) is 5.10. The quantitative estimate of drug-likeness (QED) is 0.408. The van der Waals surface area contributed by atoms with Crippen molar-refractivity contribution in [1.29, 1.82) is 0 Å². The maximum absolute atomic E-state index is 10.6. The first-order chi connectivity index (χ1) is 6.81. The van der Waals surface area contributed by atoms with Crippen LogP contribution < -0.4 is 4.89 Å². The zero-order valence-electron chi connectivity index (χ0n) is 7.40. The number of aldehydes is 1. The number of carbonyl (C=O) groups excluding carboxylic acids is 1. The van der Waals surface area contributed by atoms with E-state index in [-0.39, 0.29) is 5.38 Å². The van der Waals surface area contributed by atoms with E-state index < -0.39 is 0 Å². The summed E-state index contributed by atoms with van der Waals surface area (Å²) >= 11 is 6.10. The van der Waals surface area contributed by atoms with E-state index in [0.29, 0.717) is 24.3 Å². The smallest absolute Gasteiger partial charge is 0.170 e. The van der Waals surface area contributed by atoms with Gasteiger partial charge in [0.25, 0.3) is 0 Å². The molecule has 3 nitrogen and oxygen atoms in total. The summed E-state index contributed by atoms with van der Waals surface area (Å²) in [4.78, 5) is 20.5. The van der Waals surface area contributed by atoms with Crippen molar-refractivity contribution < 1.29 is 14.6 Å². The molecule has 1 aliphatic rings. The van der Waals surface area contributed by atoms with Gasteiger partial charge >= 0.3 is 0 Å². The summed E-state index contributed by atoms with van der Waals surface area (Å²) in [5.74, 6) is 0.591. The highest BCUT2D eigenvalue weighted by Gasteiger charge is 2.18. The van der Waals surface area contributed by atoms with Crippen molar-refractivity contribution in [2.24, 2.45) is 0 Å². The van der Waals surface area contributed by atoms with Gasteiger partial charge in [-0.2, -0.15) is 4.89 Å². The van der Waals surface area contributed by atoms with Gasteiger partial charge in [0.2, 0.25) is 0 Å². The molecule has 1 aliphatic heterocycles. The molecule has 1 aromatic rings. The second-order valence-corrected chi connectivity index (χ2v) is 3.60. The first kappa shape index (κ1) is 9.49. The van der Waals surface area contributed by atoms with Crippen LogP contribution in [0, 0.1) is 0 Å². The lowest BCUT2D eigenvalue weighted by atomic mass is 10.1. The molecule has 0 N–H and O–H groups in total. The molecular weight excluding hydrogens is 204 g/mol. The predicted octanol–water partition coefficient (Wildman–Crippen LogP) is 2.49. The van der Waals surface area contributed by atoms with Gasteiger partial charge in [0.05, 0.1) is 12.0 Å². The van der Waals surface area contributed by atoms with Gasteiger partial charge in [-0.15, -0.1) is 11.6 Å². The van der Waals surface area contributed by atoms with E-state index in [1.165, 1.54) is 0 Å². The van der Waals surface area contributed by atoms with Crippen LogP contribution in [0.3, 0.4) is 0 Å². The third-order valence-electron chi connectivity index (χ3n) is 2.11. The lowest BCUT2D eigenvalue weighted by molar-refractivity contribution is -0.203. The molecule has 0 spiro atoms. The van der Waals surface area contributed by atoms with Gasteiger partial charge in [0.1, 0.15) is 6.29 Å². The third kappa shape index (κ3) is 1.74. The van der Waals surface area contributed by atoms with E-state index >= 15 is 0 Å². The minimum atomic E-state index is -0.160. The topological polar surface area (TPSA) is 35.5 Å². The van der Waals surface area contributed by atoms with Crippen molar-refractivity contribution in [3.63, 3.8) is 0 Å². The fraction of sp³-hybridized carbons (Fsp3) is 0.300. The van der Waals surface area contributed by atoms with E-state index in [1.807, 2.05) is 0 Å². The number of hydrogen-bond acceptors (Lipinski definition) is 3. The van der Waals surface area contributed by atoms with Crippen molar-refractivity contribution in [1.82, 2.24) is 0 Å². The molecule has 0 saturated heterocycles. The fourth-order valence-corrected chi connectivity index (χ4v) is 1.63. The third-order valence-corrected chi connectivity index (χ3v) is 2.56. The molecule has 0 aromatic heterocycles. The highest BCUT2D eigenvalue weighted by Crippen LogP contribution is 2.35. The molecule has 1 unspecified atom stereocenters. The Morgan fingerprint density at radius 1 is 1.50 bits per heavy atom. The molecule has 1 atom stereocenters. The van der Waals surface area contributed by atoms with E-state index in [9.17, 15) is 4.79 Å². The van der Waals surface area contributed by atoms with Gasteiger partial charge in [-0.3, -0.25) is 4.79 Å². The second-order valence-electron chi connectivity index (χ2n) is 3.08. The van der Waals surface area contributed by atoms with Gasteiger partial charge < -0.3 is 4.89 Å². The number of halogens is 1. The van der Waals surface area contributed by atoms with E-state index in [0.717, 1.165) is 11.8 Å². The lowest BCUT2D eigenvalue weighted by Crippen LogP contribution is -1.95. The second kappa shape index (κ2) is 3.98. The summed E-state index contributed by atoms with van der Waals surface area (Å²) in [5, 5.41) is -0.160. The van der Waals surface area contributed by atoms with Gasteiger partial charge in [0, 0.05) is 11.1 Å². The van der Waals surface area contributed by atoms with E-state index in [2.05, 4.69) is 0 Å². The number of rotatable bonds is 1. The average Bonchev–Trinajstić information content (AvgIpc) is 2.40. The number of alkyl halides is 1. The summed E-state index contributed by atoms with van der Waals surface area (Å²) in [7, 11) is 0. The van der Waals surface area contributed by atoms with Crippen LogP contribution in [-0.2, 0) is 4.89 Å². The molecule has 0 bridgehead atoms. The van der Waals surface area contributed by atoms with Gasteiger partial charge in [-0.25, -0.2) is 0 Å². The van der Waals surface area contributed by atoms with Crippen molar-refractivity contribution in [3.8, 4) is 5.75 Å². The highest BCUT2D eigenvalue weighted by molar-refractivity contribution is 6.21. The fourth-order valence-electron chi connectivity index (χ4n) is 1.37. The van der Waals surface area contributed by atoms with Crippen molar-refractivity contribution in [2.75, 3.05) is 6.61 Å². The molecule has 0 fully saturated rings. The number of hydrogen-bond donors (Lipinski definition) is 0. The molecule has 1 aromatic carbocycles. The number of benzene rings is 1. The van der Waals surface area contributed by atoms with Gasteiger partial charge in [0.15, 0.2) is 5.75 Å². The number of carbonyl (C=O) groups is 1. The Labute approximate surface area is 86.5 Å². The Bertz CT molecular complexity index is 351. The first-order valence-corrected chi connectivity index (χ1v) is 4.77. The molecule has 0 amide bonds. The van der Waals surface area contributed by atoms with Crippen LogP contribution in [0.25, 0.3) is 0 Å². The van der Waals surface area contributed by atoms with Crippen LogP contribution in [0.15, 0.2) is 18.2 Å². The summed E-state index contributed by atoms with van der Waals surface area (Å²) in [5.41, 5.74) is 1.41. The Kier molecular flexibility index (Phi) is 2.70. The Morgan fingerprint density at radius 2 is 2.36 bits per heavy atom. The average molecular weight is 213 g/mol. The maximum atomic E-state index is 10.6. The zero-order chi connectivity index (χ0) is 9.97. The maximum Gasteiger partial charge on any atom is 0.170 e. The van der Waals surface area contributed by atoms with Crippen LogP contribution in [0.1, 0.15) is 27.7 Å². The molecule has 2 rings (SSSR count). The molecular formula is C10H9ClO3. The summed E-state index contributed by atoms with van der Waals surface area (Å²) < 4.78 is 0. The molecule has 1 heterocycles. The monoisotopic (exact) mass is 212 g/mol. The summed E-state index contributed by atoms with van der Waals surface area (Å²) in [6.07, 6.45) is 1.46. The minimum Gasteiger partial charge on any atom is -0.337 e. The van der Waals surface area contributed by atoms with E-state index in [4.69, 9.17) is 21.4 Å². The molecule has 0 radical (unpaired) electrons. The van der Waals surface area contributed by atoms with Crippen LogP contribution in [0.4, 0.5) is 0 Å². The molecule has 4 heteroatoms. The SMILES string of the molecule is O=Cc1ccc2c(c1)C(Cl)CCOO2. The van der Waals surface area contributed by atoms with Gasteiger partial charge in [-0.1, -0.05) is 0 Å². The van der Waals surface area contributed by atoms with Crippen LogP contribution >= 0.6 is 11.6 Å². The zero-order valence-corrected chi connectivity index (χ0v) is 8.16. The van der Waals surface area contributed by atoms with Crippen LogP contribution in [0.5, 0.6) is 5.75 Å². The van der Waals surface area contributed by atoms with Crippen LogP contribution in [0.2, 0.25) is 0 Å². The molecule has 14 heavy (non-hydrogen) atoms. The number of fused-ring (bicyclic) bond motifs is 1. The molecule has 0 aliphatic carbocycles. The Hall–Kier alpha value is -1.06. The Balaban J connectivity index is 2.44. The van der Waals surface area contributed by atoms with Gasteiger partial charge in [-0.05, 0) is 24.6 Å². The highest BCUT2D eigenvalue weighted by atomic mass is 35.5. The Morgan fingerprint density at radius 3 is 3.14 bits per heavy atom. The predicted molar refractivity (Wildman–Crippen MR) is 51.6 cm³/mol. The van der Waals surface area contributed by atoms with Crippen molar-refractivity contribution >= 4 is 17.9 Å². The van der Waals surface area contributed by atoms with E-state index in [1.54, 1.807) is 18.2 Å². The standard InChI is InChI=1S/C10H9ClO3/c11-9-3-4-13-14-10-2-1-7(6-12)5-8(9)10/h1-2,5-6,9H,3-4H2. The van der Waals surface area contributed by atoms with Crippen molar-refractivity contribution in [3.05, 3.63) is 29.3 Å². The molecule has 0 saturated carbocycles. The lowest BCUT2D eigenvalue weighted by Gasteiger charge is -2.07.